The summed E-state index contributed by atoms with van der Waals surface area (Å²) < 4.78 is 1.68. The number of aromatic nitrogens is 3. The van der Waals surface area contributed by atoms with Crippen LogP contribution in [0.3, 0.4) is 0 Å². The van der Waals surface area contributed by atoms with Crippen molar-refractivity contribution in [1.29, 1.82) is 0 Å². The van der Waals surface area contributed by atoms with E-state index in [0.717, 1.165) is 17.4 Å². The lowest BCUT2D eigenvalue weighted by Crippen LogP contribution is -2.25. The normalized spacial score (nSPS) is 12.1. The topological polar surface area (TPSA) is 39.9 Å². The zero-order chi connectivity index (χ0) is 13.3. The molecule has 0 saturated carbocycles. The molecule has 0 N–H and O–H groups in total. The molecule has 0 radical (unpaired) electrons. The molecule has 6 heteroatoms. The van der Waals surface area contributed by atoms with Crippen LogP contribution in [-0.4, -0.2) is 29.4 Å². The summed E-state index contributed by atoms with van der Waals surface area (Å²) in [5, 5.41) is 0.456. The van der Waals surface area contributed by atoms with Gasteiger partial charge in [0, 0.05) is 8.07 Å². The lowest BCUT2D eigenvalue weighted by atomic mass is 10.4. The molecule has 0 unspecified atom stereocenters. The van der Waals surface area contributed by atoms with Gasteiger partial charge in [0.15, 0.2) is 5.65 Å². The van der Waals surface area contributed by atoms with E-state index in [9.17, 15) is 0 Å². The standard InChI is InChI=1S/C12H18ClN3OSi/c1-9-14-10-5-6-11(13)15-12(10)16(9)17-7-8-18(2,3)4/h5-6H,7-8H2,1-4H3. The Balaban J connectivity index is 2.22. The van der Waals surface area contributed by atoms with Crippen LogP contribution in [0.5, 0.6) is 0 Å². The Hall–Kier alpha value is -1.07. The molecule has 4 nitrogen and oxygen atoms in total. The first-order valence-corrected chi connectivity index (χ1v) is 10.1. The van der Waals surface area contributed by atoms with Crippen molar-refractivity contribution in [3.8, 4) is 0 Å². The quantitative estimate of drug-likeness (QED) is 0.639. The van der Waals surface area contributed by atoms with Crippen LogP contribution in [0.25, 0.3) is 11.2 Å². The van der Waals surface area contributed by atoms with E-state index in [4.69, 9.17) is 16.4 Å². The third kappa shape index (κ3) is 3.03. The largest absolute Gasteiger partial charge is 0.411 e. The number of rotatable bonds is 4. The Morgan fingerprint density at radius 2 is 2.00 bits per heavy atom. The minimum atomic E-state index is -1.09. The average molecular weight is 284 g/mol. The van der Waals surface area contributed by atoms with Crippen molar-refractivity contribution in [2.24, 2.45) is 0 Å². The number of halogens is 1. The molecule has 0 saturated heterocycles. The summed E-state index contributed by atoms with van der Waals surface area (Å²) in [7, 11) is -1.09. The maximum absolute atomic E-state index is 5.91. The van der Waals surface area contributed by atoms with Crippen LogP contribution < -0.4 is 4.84 Å². The summed E-state index contributed by atoms with van der Waals surface area (Å²) in [6, 6.07) is 4.70. The fourth-order valence-corrected chi connectivity index (χ4v) is 2.47. The molecule has 2 aromatic rings. The Bertz CT molecular complexity index is 562. The summed E-state index contributed by atoms with van der Waals surface area (Å²) in [6.07, 6.45) is 0. The van der Waals surface area contributed by atoms with Crippen LogP contribution in [0.15, 0.2) is 12.1 Å². The molecule has 0 bridgehead atoms. The number of fused-ring (bicyclic) bond motifs is 1. The van der Waals surface area contributed by atoms with Crippen LogP contribution in [0, 0.1) is 6.92 Å². The van der Waals surface area contributed by atoms with Crippen molar-refractivity contribution in [2.45, 2.75) is 32.6 Å². The van der Waals surface area contributed by atoms with Gasteiger partial charge in [-0.2, -0.15) is 0 Å². The highest BCUT2D eigenvalue weighted by molar-refractivity contribution is 6.76. The van der Waals surface area contributed by atoms with Crippen LogP contribution in [0.1, 0.15) is 5.82 Å². The zero-order valence-corrected chi connectivity index (χ0v) is 13.0. The van der Waals surface area contributed by atoms with Gasteiger partial charge in [0.25, 0.3) is 0 Å². The van der Waals surface area contributed by atoms with Gasteiger partial charge in [-0.25, -0.2) is 9.97 Å². The first-order chi connectivity index (χ1) is 8.37. The third-order valence-electron chi connectivity index (χ3n) is 2.66. The molecule has 0 amide bonds. The number of imidazole rings is 1. The molecule has 0 fully saturated rings. The molecule has 0 aliphatic heterocycles. The van der Waals surface area contributed by atoms with Crippen molar-refractivity contribution < 1.29 is 4.84 Å². The van der Waals surface area contributed by atoms with E-state index in [1.165, 1.54) is 0 Å². The Labute approximate surface area is 113 Å². The highest BCUT2D eigenvalue weighted by Gasteiger charge is 2.15. The van der Waals surface area contributed by atoms with Crippen molar-refractivity contribution in [1.82, 2.24) is 14.7 Å². The van der Waals surface area contributed by atoms with Crippen molar-refractivity contribution in [3.05, 3.63) is 23.1 Å². The minimum Gasteiger partial charge on any atom is -0.411 e. The first-order valence-electron chi connectivity index (χ1n) is 6.02. The highest BCUT2D eigenvalue weighted by atomic mass is 35.5. The summed E-state index contributed by atoms with van der Waals surface area (Å²) >= 11 is 5.91. The number of pyridine rings is 1. The van der Waals surface area contributed by atoms with Gasteiger partial charge in [0.1, 0.15) is 23.1 Å². The number of hydrogen-bond acceptors (Lipinski definition) is 3. The predicted molar refractivity (Wildman–Crippen MR) is 76.9 cm³/mol. The van der Waals surface area contributed by atoms with Crippen molar-refractivity contribution >= 4 is 30.8 Å². The Kier molecular flexibility index (Phi) is 3.63. The molecule has 0 spiro atoms. The Morgan fingerprint density at radius 3 is 2.67 bits per heavy atom. The molecule has 0 aromatic carbocycles. The van der Waals surface area contributed by atoms with Crippen LogP contribution in [0.4, 0.5) is 0 Å². The Morgan fingerprint density at radius 1 is 1.28 bits per heavy atom. The molecule has 0 aliphatic rings. The maximum atomic E-state index is 5.91. The molecule has 0 aliphatic carbocycles. The van der Waals surface area contributed by atoms with Crippen LogP contribution in [0.2, 0.25) is 30.8 Å². The second-order valence-electron chi connectivity index (χ2n) is 5.57. The first kappa shape index (κ1) is 13.4. The summed E-state index contributed by atoms with van der Waals surface area (Å²) in [5.41, 5.74) is 1.50. The molecular formula is C12H18ClN3OSi. The average Bonchev–Trinajstić information content (AvgIpc) is 2.54. The predicted octanol–water partition coefficient (Wildman–Crippen LogP) is 3.16. The van der Waals surface area contributed by atoms with Gasteiger partial charge in [-0.05, 0) is 25.1 Å². The SMILES string of the molecule is Cc1nc2ccc(Cl)nc2n1OCC[Si](C)(C)C. The van der Waals surface area contributed by atoms with E-state index in [1.54, 1.807) is 10.8 Å². The van der Waals surface area contributed by atoms with Crippen LogP contribution in [-0.2, 0) is 0 Å². The molecule has 2 heterocycles. The zero-order valence-electron chi connectivity index (χ0n) is 11.2. The van der Waals surface area contributed by atoms with Crippen LogP contribution >= 0.6 is 11.6 Å². The minimum absolute atomic E-state index is 0.456. The number of aryl methyl sites for hydroxylation is 1. The van der Waals surface area contributed by atoms with Gasteiger partial charge in [-0.3, -0.25) is 0 Å². The highest BCUT2D eigenvalue weighted by Crippen LogP contribution is 2.16. The van der Waals surface area contributed by atoms with E-state index >= 15 is 0 Å². The van der Waals surface area contributed by atoms with E-state index < -0.39 is 8.07 Å². The molecular weight excluding hydrogens is 266 g/mol. The smallest absolute Gasteiger partial charge is 0.197 e. The fourth-order valence-electron chi connectivity index (χ4n) is 1.63. The van der Waals surface area contributed by atoms with Crippen molar-refractivity contribution in [2.75, 3.05) is 6.61 Å². The fraction of sp³-hybridized carbons (Fsp3) is 0.500. The molecule has 0 atom stereocenters. The monoisotopic (exact) mass is 283 g/mol. The summed E-state index contributed by atoms with van der Waals surface area (Å²) in [5.74, 6) is 0.801. The van der Waals surface area contributed by atoms with E-state index in [-0.39, 0.29) is 0 Å². The molecule has 2 aromatic heterocycles. The van der Waals surface area contributed by atoms with E-state index in [2.05, 4.69) is 29.6 Å². The van der Waals surface area contributed by atoms with Gasteiger partial charge in [-0.15, -0.1) is 4.73 Å². The second-order valence-corrected chi connectivity index (χ2v) is 11.6. The summed E-state index contributed by atoms with van der Waals surface area (Å²) in [6.45, 7) is 9.57. The van der Waals surface area contributed by atoms with Crippen molar-refractivity contribution in [3.63, 3.8) is 0 Å². The maximum Gasteiger partial charge on any atom is 0.197 e. The van der Waals surface area contributed by atoms with Gasteiger partial charge in [-0.1, -0.05) is 31.2 Å². The lowest BCUT2D eigenvalue weighted by Gasteiger charge is -2.16. The summed E-state index contributed by atoms with van der Waals surface area (Å²) in [4.78, 5) is 14.5. The molecule has 2 rings (SSSR count). The lowest BCUT2D eigenvalue weighted by molar-refractivity contribution is 0.124. The van der Waals surface area contributed by atoms with Gasteiger partial charge in [0.05, 0.1) is 0 Å². The number of nitrogens with zero attached hydrogens (tertiary/aromatic N) is 3. The molecule has 18 heavy (non-hydrogen) atoms. The second kappa shape index (κ2) is 4.89. The molecule has 98 valence electrons. The number of hydrogen-bond donors (Lipinski definition) is 0. The third-order valence-corrected chi connectivity index (χ3v) is 4.58. The van der Waals surface area contributed by atoms with E-state index in [0.29, 0.717) is 17.4 Å². The van der Waals surface area contributed by atoms with Gasteiger partial charge >= 0.3 is 0 Å². The van der Waals surface area contributed by atoms with Gasteiger partial charge < -0.3 is 4.84 Å². The van der Waals surface area contributed by atoms with E-state index in [1.807, 2.05) is 13.0 Å². The van der Waals surface area contributed by atoms with Gasteiger partial charge in [0.2, 0.25) is 0 Å².